The maximum Gasteiger partial charge on any atom is 0.352 e. The summed E-state index contributed by atoms with van der Waals surface area (Å²) in [5, 5.41) is 1.88. The maximum atomic E-state index is 12.2. The molecule has 8 heteroatoms. The Morgan fingerprint density at radius 2 is 1.80 bits per heavy atom. The van der Waals surface area contributed by atoms with Crippen LogP contribution in [0.15, 0.2) is 36.4 Å². The molecule has 0 saturated heterocycles. The van der Waals surface area contributed by atoms with Crippen molar-refractivity contribution in [2.45, 2.75) is 40.2 Å². The van der Waals surface area contributed by atoms with E-state index in [0.717, 1.165) is 26.7 Å². The number of aryl methyl sites for hydroxylation is 2. The predicted octanol–water partition coefficient (Wildman–Crippen LogP) is 2.90. The molecule has 160 valence electrons. The molecule has 0 saturated carbocycles. The van der Waals surface area contributed by atoms with E-state index in [1.807, 2.05) is 19.9 Å². The minimum absolute atomic E-state index is 0.119. The molecule has 0 fully saturated rings. The number of ether oxygens (including phenoxy) is 1. The Kier molecular flexibility index (Phi) is 7.68. The van der Waals surface area contributed by atoms with Crippen molar-refractivity contribution in [3.63, 3.8) is 0 Å². The van der Waals surface area contributed by atoms with Crippen molar-refractivity contribution in [1.82, 2.24) is 5.01 Å². The molecule has 8 nitrogen and oxygen atoms in total. The summed E-state index contributed by atoms with van der Waals surface area (Å²) in [6, 6.07) is 9.98. The first-order chi connectivity index (χ1) is 14.1. The molecule has 0 radical (unpaired) electrons. The summed E-state index contributed by atoms with van der Waals surface area (Å²) in [4.78, 5) is 35.6. The first-order valence-electron chi connectivity index (χ1n) is 9.59. The highest BCUT2D eigenvalue weighted by Gasteiger charge is 2.19. The Morgan fingerprint density at radius 1 is 1.10 bits per heavy atom. The van der Waals surface area contributed by atoms with E-state index in [1.165, 1.54) is 14.0 Å². The number of ketones is 2. The molecule has 2 rings (SSSR count). The number of amides is 2. The topological polar surface area (TPSA) is 119 Å². The van der Waals surface area contributed by atoms with Crippen LogP contribution in [0.1, 0.15) is 47.3 Å². The number of nitrogens with two attached hydrogens (primary N) is 2. The van der Waals surface area contributed by atoms with Gasteiger partial charge in [0.05, 0.1) is 12.1 Å². The van der Waals surface area contributed by atoms with Gasteiger partial charge >= 0.3 is 6.03 Å². The van der Waals surface area contributed by atoms with E-state index in [4.69, 9.17) is 16.4 Å². The van der Waals surface area contributed by atoms with Gasteiger partial charge in [0.2, 0.25) is 0 Å². The number of hydrazine groups is 2. The molecule has 0 bridgehead atoms. The number of benzene rings is 2. The van der Waals surface area contributed by atoms with E-state index >= 15 is 0 Å². The van der Waals surface area contributed by atoms with Crippen LogP contribution in [0, 0.1) is 6.92 Å². The molecule has 0 aliphatic heterocycles. The number of carbonyl (C=O) groups is 3. The third-order valence-corrected chi connectivity index (χ3v) is 4.70. The predicted molar refractivity (Wildman–Crippen MR) is 115 cm³/mol. The molecule has 30 heavy (non-hydrogen) atoms. The quantitative estimate of drug-likeness (QED) is 0.226. The Morgan fingerprint density at radius 3 is 2.40 bits per heavy atom. The largest absolute Gasteiger partial charge is 0.489 e. The van der Waals surface area contributed by atoms with Gasteiger partial charge in [-0.3, -0.25) is 14.6 Å². The minimum atomic E-state index is -0.565. The second kappa shape index (κ2) is 10.00. The van der Waals surface area contributed by atoms with Gasteiger partial charge in [-0.25, -0.2) is 21.5 Å². The summed E-state index contributed by atoms with van der Waals surface area (Å²) in [6.07, 6.45) is 0.530. The fourth-order valence-electron chi connectivity index (χ4n) is 3.02. The van der Waals surface area contributed by atoms with E-state index in [-0.39, 0.29) is 24.6 Å². The molecule has 0 aromatic heterocycles. The monoisotopic (exact) mass is 412 g/mol. The summed E-state index contributed by atoms with van der Waals surface area (Å²) in [6.45, 7) is 5.42. The number of urea groups is 1. The molecule has 4 N–H and O–H groups in total. The zero-order valence-electron chi connectivity index (χ0n) is 17.8. The van der Waals surface area contributed by atoms with Crippen LogP contribution in [0.2, 0.25) is 0 Å². The van der Waals surface area contributed by atoms with Crippen LogP contribution in [0.25, 0.3) is 0 Å². The number of anilines is 1. The fourth-order valence-corrected chi connectivity index (χ4v) is 3.02. The van der Waals surface area contributed by atoms with Gasteiger partial charge in [0.1, 0.15) is 18.1 Å². The van der Waals surface area contributed by atoms with E-state index in [9.17, 15) is 14.4 Å². The van der Waals surface area contributed by atoms with E-state index < -0.39 is 6.03 Å². The molecule has 0 unspecified atom stereocenters. The lowest BCUT2D eigenvalue weighted by Gasteiger charge is -2.24. The van der Waals surface area contributed by atoms with Gasteiger partial charge in [-0.05, 0) is 55.7 Å². The van der Waals surface area contributed by atoms with Crippen LogP contribution in [-0.4, -0.2) is 29.7 Å². The zero-order chi connectivity index (χ0) is 22.4. The highest BCUT2D eigenvalue weighted by Crippen LogP contribution is 2.27. The number of rotatable bonds is 8. The van der Waals surface area contributed by atoms with E-state index in [0.29, 0.717) is 23.4 Å². The second-order valence-electron chi connectivity index (χ2n) is 7.10. The van der Waals surface area contributed by atoms with Crippen LogP contribution in [0.5, 0.6) is 5.75 Å². The molecular formula is C22H28N4O4. The second-order valence-corrected chi connectivity index (χ2v) is 7.10. The molecule has 0 aliphatic carbocycles. The number of carbonyl (C=O) groups excluding carboxylic acids is 3. The lowest BCUT2D eigenvalue weighted by molar-refractivity contribution is -0.116. The van der Waals surface area contributed by atoms with Crippen molar-refractivity contribution in [2.75, 3.05) is 12.1 Å². The van der Waals surface area contributed by atoms with E-state index in [1.54, 1.807) is 30.3 Å². The number of nitrogens with zero attached hydrogens (tertiary/aromatic N) is 2. The van der Waals surface area contributed by atoms with Crippen molar-refractivity contribution in [3.8, 4) is 5.75 Å². The number of hydrogen-bond donors (Lipinski definition) is 2. The molecule has 0 heterocycles. The van der Waals surface area contributed by atoms with Crippen LogP contribution >= 0.6 is 0 Å². The van der Waals surface area contributed by atoms with Crippen molar-refractivity contribution < 1.29 is 19.1 Å². The van der Waals surface area contributed by atoms with Crippen LogP contribution in [0.4, 0.5) is 10.5 Å². The molecule has 2 aromatic rings. The standard InChI is InChI=1S/C22H28N4O4/c1-5-16-12-17(20(28)11-15(3)27)9-10-21(16)30-13-18-14(2)7-6-8-19(18)26(24)22(29)25(4)23/h6-10,12H,5,11,13,23-24H2,1-4H3. The van der Waals surface area contributed by atoms with Crippen molar-refractivity contribution in [1.29, 1.82) is 0 Å². The lowest BCUT2D eigenvalue weighted by Crippen LogP contribution is -2.49. The first kappa shape index (κ1) is 23.1. The number of Topliss-reactive ketones (excluding diaryl/α,β-unsaturated/α-hetero) is 2. The van der Waals surface area contributed by atoms with Crippen molar-refractivity contribution in [2.24, 2.45) is 11.7 Å². The summed E-state index contributed by atoms with van der Waals surface area (Å²) in [5.74, 6) is 11.7. The Labute approximate surface area is 176 Å². The smallest absolute Gasteiger partial charge is 0.352 e. The van der Waals surface area contributed by atoms with Crippen LogP contribution in [-0.2, 0) is 17.8 Å². The third kappa shape index (κ3) is 5.43. The van der Waals surface area contributed by atoms with Gasteiger partial charge in [0.25, 0.3) is 0 Å². The molecule has 0 atom stereocenters. The first-order valence-corrected chi connectivity index (χ1v) is 9.59. The average Bonchev–Trinajstić information content (AvgIpc) is 2.70. The summed E-state index contributed by atoms with van der Waals surface area (Å²) >= 11 is 0. The third-order valence-electron chi connectivity index (χ3n) is 4.70. The SMILES string of the molecule is CCc1cc(C(=O)CC(C)=O)ccc1OCc1c(C)cccc1N(N)C(=O)N(C)N. The van der Waals surface area contributed by atoms with Gasteiger partial charge in [-0.15, -0.1) is 0 Å². The van der Waals surface area contributed by atoms with Gasteiger partial charge in [0, 0.05) is 18.2 Å². The van der Waals surface area contributed by atoms with Gasteiger partial charge in [-0.1, -0.05) is 19.1 Å². The normalized spacial score (nSPS) is 10.5. The molecule has 0 spiro atoms. The van der Waals surface area contributed by atoms with Gasteiger partial charge in [0.15, 0.2) is 5.78 Å². The number of hydrogen-bond acceptors (Lipinski definition) is 6. The minimum Gasteiger partial charge on any atom is -0.489 e. The van der Waals surface area contributed by atoms with Crippen molar-refractivity contribution >= 4 is 23.3 Å². The summed E-state index contributed by atoms with van der Waals surface area (Å²) in [7, 11) is 1.41. The van der Waals surface area contributed by atoms with Gasteiger partial charge < -0.3 is 4.74 Å². The lowest BCUT2D eigenvalue weighted by atomic mass is 10.0. The van der Waals surface area contributed by atoms with Crippen LogP contribution < -0.4 is 21.4 Å². The Bertz CT molecular complexity index is 956. The van der Waals surface area contributed by atoms with Gasteiger partial charge in [-0.2, -0.15) is 0 Å². The Balaban J connectivity index is 2.28. The maximum absolute atomic E-state index is 12.2. The Hall–Kier alpha value is -3.23. The molecule has 0 aliphatic rings. The molecular weight excluding hydrogens is 384 g/mol. The van der Waals surface area contributed by atoms with Crippen molar-refractivity contribution in [3.05, 3.63) is 58.7 Å². The highest BCUT2D eigenvalue weighted by molar-refractivity contribution is 6.07. The molecule has 2 amide bonds. The highest BCUT2D eigenvalue weighted by atomic mass is 16.5. The molecule has 2 aromatic carbocycles. The van der Waals surface area contributed by atoms with Crippen LogP contribution in [0.3, 0.4) is 0 Å². The zero-order valence-corrected chi connectivity index (χ0v) is 17.8. The summed E-state index contributed by atoms with van der Waals surface area (Å²) < 4.78 is 6.03. The van der Waals surface area contributed by atoms with E-state index in [2.05, 4.69) is 0 Å². The fraction of sp³-hybridized carbons (Fsp3) is 0.318. The summed E-state index contributed by atoms with van der Waals surface area (Å²) in [5.41, 5.74) is 3.47. The average molecular weight is 412 g/mol.